The van der Waals surface area contributed by atoms with Crippen LogP contribution in [0.1, 0.15) is 24.2 Å². The van der Waals surface area contributed by atoms with Crippen LogP contribution in [-0.4, -0.2) is 47.4 Å². The van der Waals surface area contributed by atoms with E-state index in [1.165, 1.54) is 20.2 Å². The van der Waals surface area contributed by atoms with Crippen LogP contribution >= 0.6 is 0 Å². The maximum absolute atomic E-state index is 13.0. The van der Waals surface area contributed by atoms with Gasteiger partial charge >= 0.3 is 12.0 Å². The molecule has 2 N–H and O–H groups in total. The van der Waals surface area contributed by atoms with Crippen LogP contribution in [0.5, 0.6) is 5.75 Å². The van der Waals surface area contributed by atoms with Gasteiger partial charge in [0.05, 0.1) is 12.8 Å². The van der Waals surface area contributed by atoms with E-state index in [0.29, 0.717) is 23.6 Å². The first kappa shape index (κ1) is 22.5. The third-order valence-electron chi connectivity index (χ3n) is 4.54. The molecule has 1 unspecified atom stereocenters. The number of nitrogens with one attached hydrogen (secondary N) is 2. The molecule has 9 heteroatoms. The standard InChI is InChI=1S/C23H24N4O5/c1-4-24-23(30)25-21(28)15(2)32-22(29)18-14-27(16-10-6-5-7-11-16)26-20(18)17-12-8-9-13-19(17)31-3/h5-15H,4H2,1-3H3,(H2,24,25,28,30). The normalized spacial score (nSPS) is 11.3. The highest BCUT2D eigenvalue weighted by Crippen LogP contribution is 2.32. The molecule has 3 amide bonds. The van der Waals surface area contributed by atoms with Crippen molar-refractivity contribution in [1.82, 2.24) is 20.4 Å². The third kappa shape index (κ3) is 5.12. The van der Waals surface area contributed by atoms with Crippen LogP contribution in [0, 0.1) is 0 Å². The molecule has 2 aromatic carbocycles. The number of urea groups is 1. The molecule has 0 radical (unpaired) electrons. The second-order valence-electron chi connectivity index (χ2n) is 6.77. The van der Waals surface area contributed by atoms with Crippen molar-refractivity contribution in [2.75, 3.05) is 13.7 Å². The first-order valence-electron chi connectivity index (χ1n) is 10.0. The highest BCUT2D eigenvalue weighted by Gasteiger charge is 2.26. The molecule has 1 heterocycles. The molecule has 0 aliphatic rings. The number of hydrogen-bond donors (Lipinski definition) is 2. The van der Waals surface area contributed by atoms with Gasteiger partial charge in [0.1, 0.15) is 17.0 Å². The Balaban J connectivity index is 1.93. The second kappa shape index (κ2) is 10.3. The smallest absolute Gasteiger partial charge is 0.342 e. The lowest BCUT2D eigenvalue weighted by Crippen LogP contribution is -2.44. The van der Waals surface area contributed by atoms with Gasteiger partial charge in [-0.05, 0) is 38.1 Å². The summed E-state index contributed by atoms with van der Waals surface area (Å²) in [6.45, 7) is 3.46. The molecular weight excluding hydrogens is 412 g/mol. The average molecular weight is 436 g/mol. The summed E-state index contributed by atoms with van der Waals surface area (Å²) in [5.41, 5.74) is 1.82. The zero-order valence-electron chi connectivity index (χ0n) is 18.0. The van der Waals surface area contributed by atoms with Crippen LogP contribution in [0.3, 0.4) is 0 Å². The Morgan fingerprint density at radius 2 is 1.75 bits per heavy atom. The van der Waals surface area contributed by atoms with Gasteiger partial charge in [-0.15, -0.1) is 0 Å². The predicted molar refractivity (Wildman–Crippen MR) is 118 cm³/mol. The van der Waals surface area contributed by atoms with Crippen molar-refractivity contribution in [2.45, 2.75) is 20.0 Å². The Bertz CT molecular complexity index is 1110. The highest BCUT2D eigenvalue weighted by atomic mass is 16.5. The van der Waals surface area contributed by atoms with Crippen LogP contribution in [0.25, 0.3) is 16.9 Å². The molecule has 1 atom stereocenters. The van der Waals surface area contributed by atoms with Gasteiger partial charge in [-0.25, -0.2) is 14.3 Å². The summed E-state index contributed by atoms with van der Waals surface area (Å²) in [6.07, 6.45) is 0.337. The first-order valence-corrected chi connectivity index (χ1v) is 10.0. The number of aromatic nitrogens is 2. The Kier molecular flexibility index (Phi) is 7.22. The fourth-order valence-corrected chi connectivity index (χ4v) is 2.97. The fraction of sp³-hybridized carbons (Fsp3) is 0.217. The van der Waals surface area contributed by atoms with Gasteiger partial charge in [-0.3, -0.25) is 10.1 Å². The lowest BCUT2D eigenvalue weighted by Gasteiger charge is -2.13. The molecule has 9 nitrogen and oxygen atoms in total. The van der Waals surface area contributed by atoms with Crippen LogP contribution in [-0.2, 0) is 9.53 Å². The van der Waals surface area contributed by atoms with E-state index in [9.17, 15) is 14.4 Å². The van der Waals surface area contributed by atoms with E-state index in [-0.39, 0.29) is 5.56 Å². The Hall–Kier alpha value is -4.14. The van der Waals surface area contributed by atoms with Crippen molar-refractivity contribution in [3.8, 4) is 22.7 Å². The number of hydrogen-bond acceptors (Lipinski definition) is 6. The summed E-state index contributed by atoms with van der Waals surface area (Å²) in [5.74, 6) is -0.966. The van der Waals surface area contributed by atoms with Gasteiger partial charge in [0, 0.05) is 18.3 Å². The van der Waals surface area contributed by atoms with Crippen molar-refractivity contribution in [2.24, 2.45) is 0 Å². The summed E-state index contributed by atoms with van der Waals surface area (Å²) >= 11 is 0. The molecule has 1 aromatic heterocycles. The predicted octanol–water partition coefficient (Wildman–Crippen LogP) is 2.94. The van der Waals surface area contributed by atoms with Gasteiger partial charge in [0.15, 0.2) is 6.10 Å². The number of ether oxygens (including phenoxy) is 2. The Morgan fingerprint density at radius 3 is 2.44 bits per heavy atom. The summed E-state index contributed by atoms with van der Waals surface area (Å²) in [6, 6.07) is 15.8. The van der Waals surface area contributed by atoms with E-state index in [0.717, 1.165) is 5.69 Å². The molecule has 166 valence electrons. The van der Waals surface area contributed by atoms with Crippen molar-refractivity contribution >= 4 is 17.9 Å². The van der Waals surface area contributed by atoms with Gasteiger partial charge < -0.3 is 14.8 Å². The summed E-state index contributed by atoms with van der Waals surface area (Å²) in [5, 5.41) is 9.14. The number of benzene rings is 2. The molecule has 3 rings (SSSR count). The average Bonchev–Trinajstić information content (AvgIpc) is 3.25. The van der Waals surface area contributed by atoms with Gasteiger partial charge in [-0.1, -0.05) is 30.3 Å². The number of nitrogens with zero attached hydrogens (tertiary/aromatic N) is 2. The molecule has 0 saturated carbocycles. The number of rotatable bonds is 7. The SMILES string of the molecule is CCNC(=O)NC(=O)C(C)OC(=O)c1cn(-c2ccccc2)nc1-c1ccccc1OC. The van der Waals surface area contributed by atoms with E-state index in [1.807, 2.05) is 36.4 Å². The van der Waals surface area contributed by atoms with Gasteiger partial charge in [-0.2, -0.15) is 5.10 Å². The number of esters is 1. The van der Waals surface area contributed by atoms with E-state index >= 15 is 0 Å². The van der Waals surface area contributed by atoms with E-state index < -0.39 is 24.0 Å². The number of carbonyl (C=O) groups excluding carboxylic acids is 3. The number of amides is 3. The molecule has 0 bridgehead atoms. The van der Waals surface area contributed by atoms with Crippen molar-refractivity contribution in [3.63, 3.8) is 0 Å². The molecule has 0 aliphatic heterocycles. The zero-order chi connectivity index (χ0) is 23.1. The van der Waals surface area contributed by atoms with Crippen LogP contribution in [0.15, 0.2) is 60.8 Å². The number of methoxy groups -OCH3 is 1. The molecule has 32 heavy (non-hydrogen) atoms. The topological polar surface area (TPSA) is 112 Å². The minimum Gasteiger partial charge on any atom is -0.496 e. The quantitative estimate of drug-likeness (QED) is 0.551. The van der Waals surface area contributed by atoms with Crippen LogP contribution in [0.4, 0.5) is 4.79 Å². The maximum Gasteiger partial charge on any atom is 0.342 e. The highest BCUT2D eigenvalue weighted by molar-refractivity contribution is 6.00. The summed E-state index contributed by atoms with van der Waals surface area (Å²) in [7, 11) is 1.53. The van der Waals surface area contributed by atoms with Gasteiger partial charge in [0.25, 0.3) is 5.91 Å². The number of carbonyl (C=O) groups is 3. The largest absolute Gasteiger partial charge is 0.496 e. The second-order valence-corrected chi connectivity index (χ2v) is 6.77. The summed E-state index contributed by atoms with van der Waals surface area (Å²) < 4.78 is 12.3. The molecule has 0 aliphatic carbocycles. The number of imide groups is 1. The first-order chi connectivity index (χ1) is 15.4. The molecule has 0 saturated heterocycles. The minimum absolute atomic E-state index is 0.149. The number of para-hydroxylation sites is 2. The van der Waals surface area contributed by atoms with Gasteiger partial charge in [0.2, 0.25) is 0 Å². The Labute approximate surface area is 185 Å². The summed E-state index contributed by atoms with van der Waals surface area (Å²) in [4.78, 5) is 36.8. The van der Waals surface area contributed by atoms with E-state index in [2.05, 4.69) is 15.7 Å². The van der Waals surface area contributed by atoms with E-state index in [4.69, 9.17) is 9.47 Å². The minimum atomic E-state index is -1.20. The van der Waals surface area contributed by atoms with Crippen LogP contribution in [0.2, 0.25) is 0 Å². The lowest BCUT2D eigenvalue weighted by atomic mass is 10.1. The van der Waals surface area contributed by atoms with E-state index in [1.54, 1.807) is 29.8 Å². The fourth-order valence-electron chi connectivity index (χ4n) is 2.97. The van der Waals surface area contributed by atoms with Crippen molar-refractivity contribution < 1.29 is 23.9 Å². The molecule has 0 spiro atoms. The monoisotopic (exact) mass is 436 g/mol. The van der Waals surface area contributed by atoms with Crippen molar-refractivity contribution in [1.29, 1.82) is 0 Å². The maximum atomic E-state index is 13.0. The zero-order valence-corrected chi connectivity index (χ0v) is 18.0. The molecular formula is C23H24N4O5. The lowest BCUT2D eigenvalue weighted by molar-refractivity contribution is -0.127. The Morgan fingerprint density at radius 1 is 1.06 bits per heavy atom. The molecule has 0 fully saturated rings. The third-order valence-corrected chi connectivity index (χ3v) is 4.54. The van der Waals surface area contributed by atoms with Crippen LogP contribution < -0.4 is 15.4 Å². The molecule has 3 aromatic rings. The van der Waals surface area contributed by atoms with Crippen molar-refractivity contribution in [3.05, 3.63) is 66.4 Å².